The van der Waals surface area contributed by atoms with Gasteiger partial charge in [-0.05, 0) is 12.5 Å². The number of aromatic nitrogens is 3. The molecule has 2 aromatic heterocycles. The number of nitrogens with zero attached hydrogens (tertiary/aromatic N) is 3. The van der Waals surface area contributed by atoms with Crippen LogP contribution >= 0.6 is 11.6 Å². The maximum Gasteiger partial charge on any atom is 0.184 e. The highest BCUT2D eigenvalue weighted by Gasteiger charge is 2.42. The van der Waals surface area contributed by atoms with Crippen molar-refractivity contribution in [2.45, 2.75) is 18.6 Å². The van der Waals surface area contributed by atoms with E-state index in [9.17, 15) is 9.90 Å². The topological polar surface area (TPSA) is 88.2 Å². The summed E-state index contributed by atoms with van der Waals surface area (Å²) in [7, 11) is 0. The molecule has 19 heavy (non-hydrogen) atoms. The summed E-state index contributed by atoms with van der Waals surface area (Å²) in [5.41, 5.74) is 0.559. The van der Waals surface area contributed by atoms with Crippen molar-refractivity contribution < 1.29 is 15.0 Å². The predicted molar refractivity (Wildman–Crippen MR) is 67.8 cm³/mol. The van der Waals surface area contributed by atoms with Crippen LogP contribution in [0.4, 0.5) is 0 Å². The molecule has 0 spiro atoms. The molecular formula is C12H12ClN3O3. The largest absolute Gasteiger partial charge is 0.396 e. The Balaban J connectivity index is 2.06. The molecule has 1 saturated carbocycles. The highest BCUT2D eigenvalue weighted by Crippen LogP contribution is 2.34. The molecule has 0 radical (unpaired) electrons. The molecule has 0 saturated heterocycles. The van der Waals surface area contributed by atoms with Crippen molar-refractivity contribution in [2.75, 3.05) is 6.61 Å². The molecular weight excluding hydrogens is 270 g/mol. The van der Waals surface area contributed by atoms with Crippen LogP contribution in [0, 0.1) is 5.92 Å². The second-order valence-electron chi connectivity index (χ2n) is 4.67. The van der Waals surface area contributed by atoms with Crippen LogP contribution in [0.5, 0.6) is 0 Å². The molecule has 0 aliphatic heterocycles. The summed E-state index contributed by atoms with van der Waals surface area (Å²) in [6, 6.07) is 1.22. The Kier molecular flexibility index (Phi) is 3.00. The molecule has 1 aliphatic rings. The monoisotopic (exact) mass is 281 g/mol. The second-order valence-corrected chi connectivity index (χ2v) is 5.02. The minimum absolute atomic E-state index is 0.210. The van der Waals surface area contributed by atoms with Gasteiger partial charge in [-0.25, -0.2) is 9.97 Å². The highest BCUT2D eigenvalue weighted by atomic mass is 35.5. The number of ketones is 1. The number of aliphatic hydroxyl groups excluding tert-OH is 2. The summed E-state index contributed by atoms with van der Waals surface area (Å²) in [4.78, 5) is 20.1. The maximum absolute atomic E-state index is 12.0. The third-order valence-corrected chi connectivity index (χ3v) is 3.92. The van der Waals surface area contributed by atoms with Crippen molar-refractivity contribution in [3.8, 4) is 0 Å². The average molecular weight is 282 g/mol. The third-order valence-electron chi connectivity index (χ3n) is 3.62. The highest BCUT2D eigenvalue weighted by molar-refractivity contribution is 6.33. The number of fused-ring (bicyclic) bond motifs is 1. The van der Waals surface area contributed by atoms with Gasteiger partial charge in [0.1, 0.15) is 23.2 Å². The molecule has 2 heterocycles. The van der Waals surface area contributed by atoms with Crippen molar-refractivity contribution in [2.24, 2.45) is 5.92 Å². The van der Waals surface area contributed by atoms with E-state index >= 15 is 0 Å². The van der Waals surface area contributed by atoms with Crippen LogP contribution in [0.15, 0.2) is 18.6 Å². The van der Waals surface area contributed by atoms with Crippen LogP contribution in [-0.2, 0) is 4.79 Å². The van der Waals surface area contributed by atoms with E-state index < -0.39 is 18.1 Å². The summed E-state index contributed by atoms with van der Waals surface area (Å²) in [6.45, 7) is -0.210. The molecule has 0 aromatic carbocycles. The molecule has 7 heteroatoms. The second kappa shape index (κ2) is 4.56. The molecule has 6 nitrogen and oxygen atoms in total. The van der Waals surface area contributed by atoms with Crippen LogP contribution in [0.3, 0.4) is 0 Å². The number of hydrogen-bond donors (Lipinski definition) is 2. The average Bonchev–Trinajstić information content (AvgIpc) is 2.94. The van der Waals surface area contributed by atoms with Crippen molar-refractivity contribution in [3.63, 3.8) is 0 Å². The van der Waals surface area contributed by atoms with Crippen LogP contribution in [0.1, 0.15) is 12.5 Å². The molecule has 3 atom stereocenters. The summed E-state index contributed by atoms with van der Waals surface area (Å²) in [6.07, 6.45) is 2.31. The van der Waals surface area contributed by atoms with Gasteiger partial charge in [-0.15, -0.1) is 0 Å². The minimum atomic E-state index is -1.12. The Morgan fingerprint density at radius 3 is 2.95 bits per heavy atom. The fourth-order valence-electron chi connectivity index (χ4n) is 2.58. The lowest BCUT2D eigenvalue weighted by Gasteiger charge is -2.11. The van der Waals surface area contributed by atoms with Crippen LogP contribution < -0.4 is 0 Å². The number of carbonyl (C=O) groups excluding carboxylic acids is 1. The lowest BCUT2D eigenvalue weighted by Crippen LogP contribution is -2.25. The molecule has 1 aliphatic carbocycles. The number of hydrogen-bond acceptors (Lipinski definition) is 5. The first-order chi connectivity index (χ1) is 9.13. The first-order valence-corrected chi connectivity index (χ1v) is 6.31. The van der Waals surface area contributed by atoms with Gasteiger partial charge >= 0.3 is 0 Å². The predicted octanol–water partition coefficient (Wildman–Crippen LogP) is 0.568. The van der Waals surface area contributed by atoms with Crippen molar-refractivity contribution in [3.05, 3.63) is 23.7 Å². The van der Waals surface area contributed by atoms with E-state index in [-0.39, 0.29) is 12.4 Å². The Morgan fingerprint density at radius 1 is 1.47 bits per heavy atom. The van der Waals surface area contributed by atoms with E-state index in [2.05, 4.69) is 9.97 Å². The van der Waals surface area contributed by atoms with Crippen LogP contribution in [-0.4, -0.2) is 43.2 Å². The first kappa shape index (κ1) is 12.5. The molecule has 0 amide bonds. The number of rotatable bonds is 2. The Morgan fingerprint density at radius 2 is 2.26 bits per heavy atom. The summed E-state index contributed by atoms with van der Waals surface area (Å²) in [5.74, 6) is -0.724. The SMILES string of the molecule is O=C1[C@H](n2ccc3c(Cl)ncnc32)C[C@H](CO)[C@H]1O. The van der Waals surface area contributed by atoms with Crippen LogP contribution in [0.2, 0.25) is 5.15 Å². The molecule has 0 bridgehead atoms. The zero-order chi connectivity index (χ0) is 13.6. The van der Waals surface area contributed by atoms with Gasteiger partial charge in [-0.2, -0.15) is 0 Å². The molecule has 0 unspecified atom stereocenters. The van der Waals surface area contributed by atoms with Crippen LogP contribution in [0.25, 0.3) is 11.0 Å². The molecule has 100 valence electrons. The van der Waals surface area contributed by atoms with Crippen molar-refractivity contribution in [1.29, 1.82) is 0 Å². The van der Waals surface area contributed by atoms with E-state index in [1.807, 2.05) is 0 Å². The zero-order valence-corrected chi connectivity index (χ0v) is 10.7. The Hall–Kier alpha value is -1.50. The maximum atomic E-state index is 12.0. The summed E-state index contributed by atoms with van der Waals surface area (Å²) in [5, 5.41) is 19.9. The van der Waals surface area contributed by atoms with Gasteiger partial charge < -0.3 is 14.8 Å². The van der Waals surface area contributed by atoms with E-state index in [0.717, 1.165) is 0 Å². The number of halogens is 1. The van der Waals surface area contributed by atoms with E-state index in [1.165, 1.54) is 6.33 Å². The van der Waals surface area contributed by atoms with Crippen molar-refractivity contribution in [1.82, 2.24) is 14.5 Å². The minimum Gasteiger partial charge on any atom is -0.396 e. The van der Waals surface area contributed by atoms with Gasteiger partial charge in [-0.3, -0.25) is 4.79 Å². The molecule has 2 N–H and O–H groups in total. The summed E-state index contributed by atoms with van der Waals surface area (Å²) < 4.78 is 1.68. The smallest absolute Gasteiger partial charge is 0.184 e. The molecule has 3 rings (SSSR count). The zero-order valence-electron chi connectivity index (χ0n) is 9.90. The fraction of sp³-hybridized carbons (Fsp3) is 0.417. The van der Waals surface area contributed by atoms with Crippen molar-refractivity contribution >= 4 is 28.4 Å². The first-order valence-electron chi connectivity index (χ1n) is 5.93. The van der Waals surface area contributed by atoms with Gasteiger partial charge in [0, 0.05) is 18.7 Å². The number of carbonyl (C=O) groups is 1. The Bertz CT molecular complexity index is 642. The molecule has 2 aromatic rings. The normalized spacial score (nSPS) is 27.3. The lowest BCUT2D eigenvalue weighted by atomic mass is 10.1. The van der Waals surface area contributed by atoms with E-state index in [0.29, 0.717) is 22.6 Å². The van der Waals surface area contributed by atoms with Gasteiger partial charge in [0.2, 0.25) is 0 Å². The summed E-state index contributed by atoms with van der Waals surface area (Å²) >= 11 is 5.96. The van der Waals surface area contributed by atoms with E-state index in [4.69, 9.17) is 16.7 Å². The number of aliphatic hydroxyl groups is 2. The van der Waals surface area contributed by atoms with E-state index in [1.54, 1.807) is 16.8 Å². The van der Waals surface area contributed by atoms with Gasteiger partial charge in [0.05, 0.1) is 11.4 Å². The number of Topliss-reactive ketones (excluding diaryl/α,β-unsaturated/α-hetero) is 1. The molecule has 1 fully saturated rings. The fourth-order valence-corrected chi connectivity index (χ4v) is 2.77. The standard InChI is InChI=1S/C12H12ClN3O3/c13-11-7-1-2-16(12(7)15-5-14-11)8-3-6(4-17)9(18)10(8)19/h1-2,5-6,8-9,17-18H,3-4H2/t6-,8-,9-/m1/s1. The third kappa shape index (κ3) is 1.83. The van der Waals surface area contributed by atoms with Gasteiger partial charge in [0.15, 0.2) is 5.78 Å². The quantitative estimate of drug-likeness (QED) is 0.786. The lowest BCUT2D eigenvalue weighted by molar-refractivity contribution is -0.128. The Labute approximate surface area is 113 Å². The van der Waals surface area contributed by atoms with Gasteiger partial charge in [0.25, 0.3) is 0 Å². The van der Waals surface area contributed by atoms with Gasteiger partial charge in [-0.1, -0.05) is 11.6 Å².